The smallest absolute Gasteiger partial charge is 0.137 e. The van der Waals surface area contributed by atoms with E-state index < -0.39 is 0 Å². The Morgan fingerprint density at radius 2 is 1.68 bits per heavy atom. The van der Waals surface area contributed by atoms with Gasteiger partial charge in [-0.2, -0.15) is 0 Å². The largest absolute Gasteiger partial charge is 0.508 e. The number of nitrogens with one attached hydrogen (secondary N) is 1. The van der Waals surface area contributed by atoms with Crippen LogP contribution in [0.15, 0.2) is 54.6 Å². The number of hydrogen-bond donors (Lipinski definition) is 2. The van der Waals surface area contributed by atoms with Gasteiger partial charge in [0.25, 0.3) is 0 Å². The molecule has 0 amide bonds. The molecule has 0 aromatic heterocycles. The highest BCUT2D eigenvalue weighted by Gasteiger charge is 2.07. The van der Waals surface area contributed by atoms with Gasteiger partial charge in [-0.05, 0) is 29.7 Å². The van der Waals surface area contributed by atoms with Gasteiger partial charge >= 0.3 is 0 Å². The molecule has 1 atom stereocenters. The van der Waals surface area contributed by atoms with Crippen molar-refractivity contribution in [2.75, 3.05) is 0 Å². The van der Waals surface area contributed by atoms with Crippen LogP contribution in [0.2, 0.25) is 0 Å². The fraction of sp³-hybridized carbons (Fsp3) is 0.188. The Morgan fingerprint density at radius 1 is 1.00 bits per heavy atom. The number of aromatic hydroxyl groups is 1. The molecule has 0 radical (unpaired) electrons. The van der Waals surface area contributed by atoms with E-state index >= 15 is 0 Å². The van der Waals surface area contributed by atoms with Crippen LogP contribution in [0.4, 0.5) is 0 Å². The molecule has 0 saturated heterocycles. The van der Waals surface area contributed by atoms with Crippen molar-refractivity contribution in [3.8, 4) is 5.75 Å². The fourth-order valence-electron chi connectivity index (χ4n) is 1.90. The minimum atomic E-state index is -0.218. The molecule has 98 valence electrons. The molecule has 2 aromatic rings. The summed E-state index contributed by atoms with van der Waals surface area (Å²) in [5.41, 5.74) is 2.18. The zero-order valence-corrected chi connectivity index (χ0v) is 10.6. The van der Waals surface area contributed by atoms with Crippen LogP contribution in [-0.2, 0) is 17.8 Å². The van der Waals surface area contributed by atoms with Gasteiger partial charge in [-0.25, -0.2) is 0 Å². The first-order valence-corrected chi connectivity index (χ1v) is 6.28. The molecule has 0 unspecified atom stereocenters. The summed E-state index contributed by atoms with van der Waals surface area (Å²) in [6.07, 6.45) is 1.55. The van der Waals surface area contributed by atoms with Gasteiger partial charge in [-0.1, -0.05) is 42.5 Å². The molecular formula is C16H17NO2. The zero-order chi connectivity index (χ0) is 13.5. The fourth-order valence-corrected chi connectivity index (χ4v) is 1.90. The third-order valence-electron chi connectivity index (χ3n) is 2.97. The maximum Gasteiger partial charge on any atom is 0.137 e. The summed E-state index contributed by atoms with van der Waals surface area (Å²) in [5.74, 6) is 0.239. The van der Waals surface area contributed by atoms with Crippen molar-refractivity contribution >= 4 is 6.29 Å². The van der Waals surface area contributed by atoms with Crippen LogP contribution in [0.3, 0.4) is 0 Å². The summed E-state index contributed by atoms with van der Waals surface area (Å²) in [5, 5.41) is 12.4. The topological polar surface area (TPSA) is 49.3 Å². The number of phenolic OH excluding ortho intramolecular Hbond substituents is 1. The molecule has 19 heavy (non-hydrogen) atoms. The third-order valence-corrected chi connectivity index (χ3v) is 2.97. The number of phenols is 1. The number of rotatable bonds is 6. The summed E-state index contributed by atoms with van der Waals surface area (Å²) >= 11 is 0. The van der Waals surface area contributed by atoms with Crippen molar-refractivity contribution in [2.45, 2.75) is 19.0 Å². The van der Waals surface area contributed by atoms with E-state index in [0.29, 0.717) is 13.0 Å². The third kappa shape index (κ3) is 4.23. The Morgan fingerprint density at radius 3 is 2.32 bits per heavy atom. The Labute approximate surface area is 112 Å². The molecule has 2 N–H and O–H groups in total. The minimum Gasteiger partial charge on any atom is -0.508 e. The average molecular weight is 255 g/mol. The average Bonchev–Trinajstić information content (AvgIpc) is 2.46. The predicted molar refractivity (Wildman–Crippen MR) is 74.9 cm³/mol. The van der Waals surface area contributed by atoms with Crippen molar-refractivity contribution in [2.24, 2.45) is 0 Å². The van der Waals surface area contributed by atoms with Gasteiger partial charge < -0.3 is 15.2 Å². The molecule has 3 heteroatoms. The Balaban J connectivity index is 1.90. The van der Waals surface area contributed by atoms with Gasteiger partial charge in [0.15, 0.2) is 0 Å². The first kappa shape index (κ1) is 13.3. The molecule has 0 spiro atoms. The second-order valence-corrected chi connectivity index (χ2v) is 4.48. The van der Waals surface area contributed by atoms with Crippen molar-refractivity contribution in [3.05, 3.63) is 65.7 Å². The number of hydrogen-bond acceptors (Lipinski definition) is 3. The Hall–Kier alpha value is -2.13. The van der Waals surface area contributed by atoms with Gasteiger partial charge in [-0.15, -0.1) is 0 Å². The maximum atomic E-state index is 11.1. The van der Waals surface area contributed by atoms with E-state index in [2.05, 4.69) is 5.32 Å². The highest BCUT2D eigenvalue weighted by atomic mass is 16.3. The van der Waals surface area contributed by atoms with Gasteiger partial charge in [0.1, 0.15) is 12.0 Å². The molecule has 0 bridgehead atoms. The number of carbonyl (C=O) groups is 1. The zero-order valence-electron chi connectivity index (χ0n) is 10.6. The van der Waals surface area contributed by atoms with Crippen LogP contribution in [0.5, 0.6) is 5.75 Å². The van der Waals surface area contributed by atoms with E-state index in [-0.39, 0.29) is 11.8 Å². The molecular weight excluding hydrogens is 238 g/mol. The molecule has 0 aliphatic rings. The summed E-state index contributed by atoms with van der Waals surface area (Å²) in [6.45, 7) is 0.669. The van der Waals surface area contributed by atoms with Crippen LogP contribution in [0.25, 0.3) is 0 Å². The molecule has 0 fully saturated rings. The molecule has 3 nitrogen and oxygen atoms in total. The van der Waals surface area contributed by atoms with Gasteiger partial charge in [-0.3, -0.25) is 0 Å². The van der Waals surface area contributed by atoms with Crippen LogP contribution in [0.1, 0.15) is 11.1 Å². The van der Waals surface area contributed by atoms with Crippen molar-refractivity contribution in [1.82, 2.24) is 5.32 Å². The summed E-state index contributed by atoms with van der Waals surface area (Å²) in [4.78, 5) is 11.1. The monoisotopic (exact) mass is 255 g/mol. The first-order valence-electron chi connectivity index (χ1n) is 6.28. The lowest BCUT2D eigenvalue weighted by molar-refractivity contribution is -0.109. The second-order valence-electron chi connectivity index (χ2n) is 4.48. The van der Waals surface area contributed by atoms with Gasteiger partial charge in [0.2, 0.25) is 0 Å². The lowest BCUT2D eigenvalue weighted by Gasteiger charge is -2.13. The minimum absolute atomic E-state index is 0.218. The second kappa shape index (κ2) is 6.71. The lowest BCUT2D eigenvalue weighted by Crippen LogP contribution is -2.32. The number of benzene rings is 2. The van der Waals surface area contributed by atoms with Crippen LogP contribution in [0, 0.1) is 0 Å². The standard InChI is InChI=1S/C16H17NO2/c18-12-15(10-13-6-8-16(19)9-7-13)17-11-14-4-2-1-3-5-14/h1-9,12,15,17,19H,10-11H2/t15-/m0/s1. The predicted octanol–water partition coefficient (Wildman–Crippen LogP) is 2.29. The van der Waals surface area contributed by atoms with Crippen LogP contribution >= 0.6 is 0 Å². The summed E-state index contributed by atoms with van der Waals surface area (Å²) < 4.78 is 0. The van der Waals surface area contributed by atoms with Crippen molar-refractivity contribution in [1.29, 1.82) is 0 Å². The van der Waals surface area contributed by atoms with E-state index in [1.54, 1.807) is 12.1 Å². The Kier molecular flexibility index (Phi) is 4.70. The highest BCUT2D eigenvalue weighted by Crippen LogP contribution is 2.11. The Bertz CT molecular complexity index is 508. The van der Waals surface area contributed by atoms with Crippen LogP contribution in [-0.4, -0.2) is 17.4 Å². The number of carbonyl (C=O) groups excluding carboxylic acids is 1. The normalized spacial score (nSPS) is 12.0. The van der Waals surface area contributed by atoms with Gasteiger partial charge in [0, 0.05) is 6.54 Å². The van der Waals surface area contributed by atoms with Crippen LogP contribution < -0.4 is 5.32 Å². The van der Waals surface area contributed by atoms with Gasteiger partial charge in [0.05, 0.1) is 6.04 Å². The van der Waals surface area contributed by atoms with E-state index in [1.165, 1.54) is 0 Å². The SMILES string of the molecule is O=C[C@H](Cc1ccc(O)cc1)NCc1ccccc1. The lowest BCUT2D eigenvalue weighted by atomic mass is 10.1. The van der Waals surface area contributed by atoms with E-state index in [0.717, 1.165) is 17.4 Å². The van der Waals surface area contributed by atoms with Crippen molar-refractivity contribution < 1.29 is 9.90 Å². The van der Waals surface area contributed by atoms with E-state index in [9.17, 15) is 9.90 Å². The molecule has 2 rings (SSSR count). The molecule has 0 heterocycles. The molecule has 0 saturated carbocycles. The maximum absolute atomic E-state index is 11.1. The first-order chi connectivity index (χ1) is 9.28. The molecule has 0 aliphatic heterocycles. The quantitative estimate of drug-likeness (QED) is 0.779. The van der Waals surface area contributed by atoms with E-state index in [1.807, 2.05) is 42.5 Å². The molecule has 2 aromatic carbocycles. The molecule has 0 aliphatic carbocycles. The summed E-state index contributed by atoms with van der Waals surface area (Å²) in [6, 6.07) is 16.7. The summed E-state index contributed by atoms with van der Waals surface area (Å²) in [7, 11) is 0. The number of aldehydes is 1. The van der Waals surface area contributed by atoms with E-state index in [4.69, 9.17) is 0 Å². The highest BCUT2D eigenvalue weighted by molar-refractivity contribution is 5.58. The van der Waals surface area contributed by atoms with Crippen molar-refractivity contribution in [3.63, 3.8) is 0 Å².